The molecule has 1 aliphatic heterocycles. The average molecular weight is 392 g/mol. The number of aromatic nitrogens is 1. The van der Waals surface area contributed by atoms with Crippen LogP contribution in [0, 0.1) is 20.8 Å². The first-order valence-electron chi connectivity index (χ1n) is 9.43. The standard InChI is InChI=1S/C23H24N2O4/c1-13-9-17(6-8-18(13)27-4)21-14(2)25(15(3)22(21)23(24)26)11-16-5-7-19-20(10-16)29-12-28-19/h5-10H,11-12H2,1-4H3,(H2,24,26). The molecule has 1 aliphatic rings. The SMILES string of the molecule is COc1ccc(-c2c(C(N)=O)c(C)n(Cc3ccc4c(c3)OCO4)c2C)cc1C. The lowest BCUT2D eigenvalue weighted by Crippen LogP contribution is -2.13. The molecule has 0 atom stereocenters. The second kappa shape index (κ2) is 7.20. The van der Waals surface area contributed by atoms with Crippen molar-refractivity contribution in [3.8, 4) is 28.4 Å². The summed E-state index contributed by atoms with van der Waals surface area (Å²) in [4.78, 5) is 12.3. The zero-order chi connectivity index (χ0) is 20.7. The first kappa shape index (κ1) is 18.9. The number of methoxy groups -OCH3 is 1. The van der Waals surface area contributed by atoms with Gasteiger partial charge in [-0.15, -0.1) is 0 Å². The van der Waals surface area contributed by atoms with Gasteiger partial charge in [0, 0.05) is 23.5 Å². The molecule has 3 aromatic rings. The van der Waals surface area contributed by atoms with E-state index in [1.54, 1.807) is 7.11 Å². The molecule has 6 heteroatoms. The van der Waals surface area contributed by atoms with Crippen LogP contribution in [-0.2, 0) is 6.54 Å². The predicted octanol–water partition coefficient (Wildman–Crippen LogP) is 3.96. The normalized spacial score (nSPS) is 12.3. The Morgan fingerprint density at radius 3 is 2.52 bits per heavy atom. The Kier molecular flexibility index (Phi) is 4.70. The monoisotopic (exact) mass is 392 g/mol. The number of primary amides is 1. The quantitative estimate of drug-likeness (QED) is 0.713. The number of carbonyl (C=O) groups excluding carboxylic acids is 1. The summed E-state index contributed by atoms with van der Waals surface area (Å²) >= 11 is 0. The lowest BCUT2D eigenvalue weighted by Gasteiger charge is -2.11. The molecular formula is C23H24N2O4. The fourth-order valence-electron chi connectivity index (χ4n) is 4.03. The number of nitrogens with two attached hydrogens (primary N) is 1. The Morgan fingerprint density at radius 2 is 1.83 bits per heavy atom. The summed E-state index contributed by atoms with van der Waals surface area (Å²) in [6.07, 6.45) is 0. The number of amides is 1. The molecule has 150 valence electrons. The van der Waals surface area contributed by atoms with Crippen LogP contribution in [0.2, 0.25) is 0 Å². The maximum absolute atomic E-state index is 12.3. The minimum atomic E-state index is -0.432. The third-order valence-corrected chi connectivity index (χ3v) is 5.49. The predicted molar refractivity (Wildman–Crippen MR) is 111 cm³/mol. The van der Waals surface area contributed by atoms with Gasteiger partial charge < -0.3 is 24.5 Å². The van der Waals surface area contributed by atoms with Crippen LogP contribution in [0.4, 0.5) is 0 Å². The second-order valence-electron chi connectivity index (χ2n) is 7.24. The molecule has 0 spiro atoms. The molecular weight excluding hydrogens is 368 g/mol. The summed E-state index contributed by atoms with van der Waals surface area (Å²) in [5.74, 6) is 1.87. The van der Waals surface area contributed by atoms with Crippen LogP contribution in [0.1, 0.15) is 32.9 Å². The fourth-order valence-corrected chi connectivity index (χ4v) is 4.03. The topological polar surface area (TPSA) is 75.7 Å². The van der Waals surface area contributed by atoms with E-state index in [0.29, 0.717) is 12.1 Å². The molecule has 0 unspecified atom stereocenters. The van der Waals surface area contributed by atoms with E-state index in [4.69, 9.17) is 19.9 Å². The number of ether oxygens (including phenoxy) is 3. The van der Waals surface area contributed by atoms with Crippen LogP contribution >= 0.6 is 0 Å². The van der Waals surface area contributed by atoms with E-state index in [1.165, 1.54) is 0 Å². The van der Waals surface area contributed by atoms with Crippen LogP contribution in [0.15, 0.2) is 36.4 Å². The molecule has 0 saturated carbocycles. The molecule has 1 amide bonds. The number of hydrogen-bond acceptors (Lipinski definition) is 4. The van der Waals surface area contributed by atoms with Gasteiger partial charge in [-0.1, -0.05) is 12.1 Å². The summed E-state index contributed by atoms with van der Waals surface area (Å²) in [5, 5.41) is 0. The smallest absolute Gasteiger partial charge is 0.251 e. The number of fused-ring (bicyclic) bond motifs is 1. The Balaban J connectivity index is 1.81. The Bertz CT molecular complexity index is 1110. The van der Waals surface area contributed by atoms with E-state index in [1.807, 2.05) is 57.2 Å². The highest BCUT2D eigenvalue weighted by atomic mass is 16.7. The lowest BCUT2D eigenvalue weighted by molar-refractivity contribution is 0.1000. The largest absolute Gasteiger partial charge is 0.496 e. The minimum absolute atomic E-state index is 0.243. The highest BCUT2D eigenvalue weighted by Crippen LogP contribution is 2.36. The fraction of sp³-hybridized carbons (Fsp3) is 0.261. The van der Waals surface area contributed by atoms with Crippen molar-refractivity contribution in [2.45, 2.75) is 27.3 Å². The number of carbonyl (C=O) groups is 1. The van der Waals surface area contributed by atoms with E-state index < -0.39 is 5.91 Å². The van der Waals surface area contributed by atoms with Gasteiger partial charge in [0.05, 0.1) is 12.7 Å². The zero-order valence-corrected chi connectivity index (χ0v) is 17.0. The van der Waals surface area contributed by atoms with E-state index in [2.05, 4.69) is 4.57 Å². The number of aryl methyl sites for hydroxylation is 1. The highest BCUT2D eigenvalue weighted by molar-refractivity contribution is 6.02. The second-order valence-corrected chi connectivity index (χ2v) is 7.24. The van der Waals surface area contributed by atoms with E-state index >= 15 is 0 Å². The summed E-state index contributed by atoms with van der Waals surface area (Å²) in [6, 6.07) is 11.8. The summed E-state index contributed by atoms with van der Waals surface area (Å²) < 4.78 is 18.4. The van der Waals surface area contributed by atoms with Crippen LogP contribution in [0.5, 0.6) is 17.2 Å². The molecule has 0 fully saturated rings. The molecule has 0 bridgehead atoms. The van der Waals surface area contributed by atoms with Gasteiger partial charge >= 0.3 is 0 Å². The van der Waals surface area contributed by atoms with Gasteiger partial charge in [-0.3, -0.25) is 4.79 Å². The van der Waals surface area contributed by atoms with Crippen LogP contribution < -0.4 is 19.9 Å². The third-order valence-electron chi connectivity index (χ3n) is 5.49. The average Bonchev–Trinajstić information content (AvgIpc) is 3.25. The first-order valence-corrected chi connectivity index (χ1v) is 9.43. The van der Waals surface area contributed by atoms with Crippen molar-refractivity contribution in [3.63, 3.8) is 0 Å². The van der Waals surface area contributed by atoms with Gasteiger partial charge in [0.2, 0.25) is 6.79 Å². The van der Waals surface area contributed by atoms with Crippen molar-refractivity contribution < 1.29 is 19.0 Å². The number of nitrogens with zero attached hydrogens (tertiary/aromatic N) is 1. The van der Waals surface area contributed by atoms with E-state index in [9.17, 15) is 4.79 Å². The number of benzene rings is 2. The third kappa shape index (κ3) is 3.20. The molecule has 0 saturated heterocycles. The van der Waals surface area contributed by atoms with Gasteiger partial charge in [0.15, 0.2) is 11.5 Å². The van der Waals surface area contributed by atoms with Gasteiger partial charge in [0.25, 0.3) is 5.91 Å². The minimum Gasteiger partial charge on any atom is -0.496 e. The van der Waals surface area contributed by atoms with Crippen LogP contribution in [0.3, 0.4) is 0 Å². The van der Waals surface area contributed by atoms with Crippen molar-refractivity contribution in [1.29, 1.82) is 0 Å². The summed E-state index contributed by atoms with van der Waals surface area (Å²) in [6.45, 7) is 6.77. The lowest BCUT2D eigenvalue weighted by atomic mass is 9.98. The molecule has 4 rings (SSSR count). The maximum Gasteiger partial charge on any atom is 0.251 e. The summed E-state index contributed by atoms with van der Waals surface area (Å²) in [5.41, 5.74) is 12.0. The van der Waals surface area contributed by atoms with Crippen LogP contribution in [0.25, 0.3) is 11.1 Å². The molecule has 1 aromatic heterocycles. The molecule has 0 radical (unpaired) electrons. The Labute approximate surface area is 169 Å². The molecule has 0 aliphatic carbocycles. The van der Waals surface area contributed by atoms with Gasteiger partial charge in [-0.05, 0) is 61.7 Å². The highest BCUT2D eigenvalue weighted by Gasteiger charge is 2.23. The zero-order valence-electron chi connectivity index (χ0n) is 17.0. The van der Waals surface area contributed by atoms with Gasteiger partial charge in [-0.2, -0.15) is 0 Å². The van der Waals surface area contributed by atoms with Gasteiger partial charge in [-0.25, -0.2) is 0 Å². The van der Waals surface area contributed by atoms with Crippen molar-refractivity contribution in [2.75, 3.05) is 13.9 Å². The maximum atomic E-state index is 12.3. The van der Waals surface area contributed by atoms with Crippen LogP contribution in [-0.4, -0.2) is 24.4 Å². The van der Waals surface area contributed by atoms with E-state index in [-0.39, 0.29) is 6.79 Å². The van der Waals surface area contributed by atoms with Crippen molar-refractivity contribution in [1.82, 2.24) is 4.57 Å². The van der Waals surface area contributed by atoms with E-state index in [0.717, 1.165) is 50.9 Å². The number of rotatable bonds is 5. The number of hydrogen-bond donors (Lipinski definition) is 1. The van der Waals surface area contributed by atoms with Crippen molar-refractivity contribution in [2.24, 2.45) is 5.73 Å². The Hall–Kier alpha value is -3.41. The van der Waals surface area contributed by atoms with Gasteiger partial charge in [0.1, 0.15) is 5.75 Å². The van der Waals surface area contributed by atoms with Crippen molar-refractivity contribution in [3.05, 3.63) is 64.5 Å². The molecule has 2 aromatic carbocycles. The Morgan fingerprint density at radius 1 is 1.07 bits per heavy atom. The first-order chi connectivity index (χ1) is 13.9. The molecule has 2 N–H and O–H groups in total. The molecule has 29 heavy (non-hydrogen) atoms. The summed E-state index contributed by atoms with van der Waals surface area (Å²) in [7, 11) is 1.65. The van der Waals surface area contributed by atoms with Crippen molar-refractivity contribution >= 4 is 5.91 Å². The molecule has 2 heterocycles. The molecule has 6 nitrogen and oxygen atoms in total.